The second kappa shape index (κ2) is 6.03. The Bertz CT molecular complexity index is 415. The van der Waals surface area contributed by atoms with Crippen LogP contribution in [0.5, 0.6) is 0 Å². The number of benzene rings is 1. The van der Waals surface area contributed by atoms with E-state index in [4.69, 9.17) is 0 Å². The highest BCUT2D eigenvalue weighted by atomic mass is 16.5. The summed E-state index contributed by atoms with van der Waals surface area (Å²) in [6.07, 6.45) is 0.138. The summed E-state index contributed by atoms with van der Waals surface area (Å²) in [5.41, 5.74) is 1.99. The maximum absolute atomic E-state index is 11.3. The quantitative estimate of drug-likeness (QED) is 0.809. The van der Waals surface area contributed by atoms with E-state index in [1.54, 1.807) is 0 Å². The smallest absolute Gasteiger partial charge is 0.307 e. The summed E-state index contributed by atoms with van der Waals surface area (Å²) in [5, 5.41) is 2.75. The molecule has 1 aromatic rings. The largest absolute Gasteiger partial charge is 0.469 e. The van der Waals surface area contributed by atoms with E-state index in [0.717, 1.165) is 11.1 Å². The second-order valence-corrected chi connectivity index (χ2v) is 3.95. The first-order valence-corrected chi connectivity index (χ1v) is 5.43. The Balaban J connectivity index is 2.89. The van der Waals surface area contributed by atoms with Gasteiger partial charge in [-0.2, -0.15) is 0 Å². The van der Waals surface area contributed by atoms with Gasteiger partial charge in [0.1, 0.15) is 0 Å². The lowest BCUT2D eigenvalue weighted by Gasteiger charge is -2.17. The SMILES string of the molecule is COC(=O)C[C@@H](NC(C)=O)c1cccc(C)c1. The third-order valence-electron chi connectivity index (χ3n) is 2.42. The summed E-state index contributed by atoms with van der Waals surface area (Å²) < 4.78 is 4.62. The van der Waals surface area contributed by atoms with Crippen molar-refractivity contribution in [2.75, 3.05) is 7.11 Å². The highest BCUT2D eigenvalue weighted by Crippen LogP contribution is 2.18. The van der Waals surface area contributed by atoms with E-state index >= 15 is 0 Å². The topological polar surface area (TPSA) is 55.4 Å². The monoisotopic (exact) mass is 235 g/mol. The van der Waals surface area contributed by atoms with Crippen LogP contribution in [0.25, 0.3) is 0 Å². The summed E-state index contributed by atoms with van der Waals surface area (Å²) in [6, 6.07) is 7.36. The van der Waals surface area contributed by atoms with Crippen molar-refractivity contribution in [1.82, 2.24) is 5.32 Å². The van der Waals surface area contributed by atoms with E-state index in [-0.39, 0.29) is 24.3 Å². The summed E-state index contributed by atoms with van der Waals surface area (Å²) in [4.78, 5) is 22.4. The highest BCUT2D eigenvalue weighted by molar-refractivity contribution is 5.75. The van der Waals surface area contributed by atoms with Crippen molar-refractivity contribution in [2.24, 2.45) is 0 Å². The van der Waals surface area contributed by atoms with E-state index in [1.807, 2.05) is 31.2 Å². The van der Waals surface area contributed by atoms with E-state index in [9.17, 15) is 9.59 Å². The van der Waals surface area contributed by atoms with Gasteiger partial charge in [0.25, 0.3) is 0 Å². The first kappa shape index (κ1) is 13.2. The zero-order valence-corrected chi connectivity index (χ0v) is 10.3. The minimum atomic E-state index is -0.342. The van der Waals surface area contributed by atoms with Crippen LogP contribution in [0.4, 0.5) is 0 Å². The molecule has 1 atom stereocenters. The molecule has 0 aliphatic rings. The minimum absolute atomic E-state index is 0.138. The number of aryl methyl sites for hydroxylation is 1. The van der Waals surface area contributed by atoms with Crippen molar-refractivity contribution in [2.45, 2.75) is 26.3 Å². The zero-order valence-electron chi connectivity index (χ0n) is 10.3. The molecule has 1 amide bonds. The molecule has 0 aliphatic carbocycles. The fourth-order valence-corrected chi connectivity index (χ4v) is 1.63. The number of hydrogen-bond donors (Lipinski definition) is 1. The van der Waals surface area contributed by atoms with Crippen LogP contribution in [0.2, 0.25) is 0 Å². The summed E-state index contributed by atoms with van der Waals surface area (Å²) in [6.45, 7) is 3.40. The van der Waals surface area contributed by atoms with Crippen molar-refractivity contribution < 1.29 is 14.3 Å². The van der Waals surface area contributed by atoms with Crippen molar-refractivity contribution in [3.8, 4) is 0 Å². The van der Waals surface area contributed by atoms with Crippen molar-refractivity contribution in [1.29, 1.82) is 0 Å². The first-order valence-electron chi connectivity index (χ1n) is 5.43. The normalized spacial score (nSPS) is 11.7. The number of rotatable bonds is 4. The molecule has 0 bridgehead atoms. The Morgan fingerprint density at radius 1 is 1.41 bits per heavy atom. The number of carbonyl (C=O) groups excluding carboxylic acids is 2. The maximum Gasteiger partial charge on any atom is 0.307 e. The Morgan fingerprint density at radius 3 is 2.65 bits per heavy atom. The molecule has 0 radical (unpaired) electrons. The van der Waals surface area contributed by atoms with Gasteiger partial charge in [0.2, 0.25) is 5.91 Å². The average Bonchev–Trinajstić information content (AvgIpc) is 2.27. The van der Waals surface area contributed by atoms with Gasteiger partial charge in [-0.1, -0.05) is 29.8 Å². The third-order valence-corrected chi connectivity index (χ3v) is 2.42. The van der Waals surface area contributed by atoms with Gasteiger partial charge in [-0.05, 0) is 12.5 Å². The van der Waals surface area contributed by atoms with Gasteiger partial charge in [-0.25, -0.2) is 0 Å². The van der Waals surface area contributed by atoms with E-state index in [0.29, 0.717) is 0 Å². The minimum Gasteiger partial charge on any atom is -0.469 e. The van der Waals surface area contributed by atoms with Gasteiger partial charge in [0.05, 0.1) is 19.6 Å². The highest BCUT2D eigenvalue weighted by Gasteiger charge is 2.17. The number of ether oxygens (including phenoxy) is 1. The number of nitrogens with one attached hydrogen (secondary N) is 1. The van der Waals surface area contributed by atoms with Gasteiger partial charge in [0.15, 0.2) is 0 Å². The molecule has 17 heavy (non-hydrogen) atoms. The lowest BCUT2D eigenvalue weighted by molar-refractivity contribution is -0.141. The van der Waals surface area contributed by atoms with E-state index in [2.05, 4.69) is 10.1 Å². The van der Waals surface area contributed by atoms with E-state index in [1.165, 1.54) is 14.0 Å². The first-order chi connectivity index (χ1) is 8.02. The fraction of sp³-hybridized carbons (Fsp3) is 0.385. The van der Waals surface area contributed by atoms with Crippen LogP contribution in [-0.4, -0.2) is 19.0 Å². The molecule has 1 N–H and O–H groups in total. The van der Waals surface area contributed by atoms with Gasteiger partial charge < -0.3 is 10.1 Å². The molecule has 1 rings (SSSR count). The second-order valence-electron chi connectivity index (χ2n) is 3.95. The van der Waals surface area contributed by atoms with Crippen LogP contribution in [-0.2, 0) is 14.3 Å². The van der Waals surface area contributed by atoms with Gasteiger partial charge in [-0.15, -0.1) is 0 Å². The average molecular weight is 235 g/mol. The van der Waals surface area contributed by atoms with Crippen LogP contribution in [0.1, 0.15) is 30.5 Å². The molecule has 1 aromatic carbocycles. The summed E-state index contributed by atoms with van der Waals surface area (Å²) >= 11 is 0. The maximum atomic E-state index is 11.3. The number of carbonyl (C=O) groups is 2. The summed E-state index contributed by atoms with van der Waals surface area (Å²) in [7, 11) is 1.34. The third kappa shape index (κ3) is 4.26. The number of methoxy groups -OCH3 is 1. The lowest BCUT2D eigenvalue weighted by Crippen LogP contribution is -2.28. The van der Waals surface area contributed by atoms with Gasteiger partial charge in [-0.3, -0.25) is 9.59 Å². The van der Waals surface area contributed by atoms with E-state index < -0.39 is 0 Å². The Hall–Kier alpha value is -1.84. The Labute approximate surface area is 101 Å². The number of hydrogen-bond acceptors (Lipinski definition) is 3. The molecule has 0 fully saturated rings. The predicted molar refractivity (Wildman–Crippen MR) is 64.4 cm³/mol. The molecule has 4 heteroatoms. The van der Waals surface area contributed by atoms with Crippen molar-refractivity contribution in [3.63, 3.8) is 0 Å². The number of esters is 1. The molecule has 0 spiro atoms. The van der Waals surface area contributed by atoms with Crippen LogP contribution in [0.3, 0.4) is 0 Å². The molecule has 0 saturated carbocycles. The van der Waals surface area contributed by atoms with Crippen LogP contribution in [0, 0.1) is 6.92 Å². The molecule has 0 heterocycles. The molecule has 0 unspecified atom stereocenters. The van der Waals surface area contributed by atoms with Crippen molar-refractivity contribution in [3.05, 3.63) is 35.4 Å². The van der Waals surface area contributed by atoms with Gasteiger partial charge in [0, 0.05) is 6.92 Å². The predicted octanol–water partition coefficient (Wildman–Crippen LogP) is 1.74. The molecule has 0 aromatic heterocycles. The summed E-state index contributed by atoms with van der Waals surface area (Å²) in [5.74, 6) is -0.509. The van der Waals surface area contributed by atoms with Crippen LogP contribution in [0.15, 0.2) is 24.3 Å². The lowest BCUT2D eigenvalue weighted by atomic mass is 10.0. The van der Waals surface area contributed by atoms with Crippen molar-refractivity contribution >= 4 is 11.9 Å². The Morgan fingerprint density at radius 2 is 2.12 bits per heavy atom. The molecular formula is C13H17NO3. The molecule has 0 saturated heterocycles. The molecule has 92 valence electrons. The molecule has 4 nitrogen and oxygen atoms in total. The van der Waals surface area contributed by atoms with Crippen LogP contribution >= 0.6 is 0 Å². The standard InChI is InChI=1S/C13H17NO3/c1-9-5-4-6-11(7-9)12(14-10(2)15)8-13(16)17-3/h4-7,12H,8H2,1-3H3,(H,14,15)/t12-/m1/s1. The molecule has 0 aliphatic heterocycles. The van der Waals surface area contributed by atoms with Crippen LogP contribution < -0.4 is 5.32 Å². The zero-order chi connectivity index (χ0) is 12.8. The van der Waals surface area contributed by atoms with Gasteiger partial charge >= 0.3 is 5.97 Å². The molecular weight excluding hydrogens is 218 g/mol. The Kier molecular flexibility index (Phi) is 4.69. The fourth-order valence-electron chi connectivity index (χ4n) is 1.63. The number of amides is 1.